The number of benzene rings is 1. The lowest BCUT2D eigenvalue weighted by molar-refractivity contribution is 0.0179. The van der Waals surface area contributed by atoms with Crippen molar-refractivity contribution in [3.8, 4) is 0 Å². The second kappa shape index (κ2) is 4.96. The molecule has 0 spiro atoms. The Bertz CT molecular complexity index is 595. The lowest BCUT2D eigenvalue weighted by Gasteiger charge is -2.29. The number of aromatic carboxylic acids is 1. The minimum Gasteiger partial charge on any atom is -0.478 e. The molecule has 1 aromatic heterocycles. The highest BCUT2D eigenvalue weighted by molar-refractivity contribution is 5.92. The molecule has 0 bridgehead atoms. The molecule has 0 aliphatic carbocycles. The average molecular weight is 266 g/mol. The SMILES string of the molecule is O=C(O)c1ccc2c(c1)ncn2C(CO)(CO)CO. The molecule has 19 heavy (non-hydrogen) atoms. The molecule has 1 heterocycles. The number of hydrogen-bond acceptors (Lipinski definition) is 5. The lowest BCUT2D eigenvalue weighted by Crippen LogP contribution is -2.44. The van der Waals surface area contributed by atoms with Gasteiger partial charge in [-0.05, 0) is 18.2 Å². The second-order valence-corrected chi connectivity index (χ2v) is 4.32. The third kappa shape index (κ3) is 2.07. The van der Waals surface area contributed by atoms with E-state index in [1.165, 1.54) is 29.1 Å². The van der Waals surface area contributed by atoms with Crippen molar-refractivity contribution in [3.05, 3.63) is 30.1 Å². The van der Waals surface area contributed by atoms with E-state index < -0.39 is 31.3 Å². The maximum absolute atomic E-state index is 10.9. The van der Waals surface area contributed by atoms with E-state index in [4.69, 9.17) is 5.11 Å². The summed E-state index contributed by atoms with van der Waals surface area (Å²) in [7, 11) is 0. The van der Waals surface area contributed by atoms with E-state index in [9.17, 15) is 20.1 Å². The fraction of sp³-hybridized carbons (Fsp3) is 0.333. The van der Waals surface area contributed by atoms with Gasteiger partial charge in [-0.25, -0.2) is 9.78 Å². The van der Waals surface area contributed by atoms with Gasteiger partial charge in [0.05, 0.1) is 42.7 Å². The molecule has 0 aliphatic heterocycles. The first-order valence-electron chi connectivity index (χ1n) is 5.61. The number of carbonyl (C=O) groups is 1. The second-order valence-electron chi connectivity index (χ2n) is 4.32. The smallest absolute Gasteiger partial charge is 0.335 e. The summed E-state index contributed by atoms with van der Waals surface area (Å²) in [5, 5.41) is 37.1. The average Bonchev–Trinajstić information content (AvgIpc) is 2.85. The Kier molecular flexibility index (Phi) is 3.52. The minimum absolute atomic E-state index is 0.0975. The molecule has 0 saturated carbocycles. The predicted molar refractivity (Wildman–Crippen MR) is 65.9 cm³/mol. The fourth-order valence-corrected chi connectivity index (χ4v) is 1.90. The Morgan fingerprint density at radius 3 is 2.37 bits per heavy atom. The molecule has 0 aliphatic rings. The van der Waals surface area contributed by atoms with Crippen LogP contribution in [-0.4, -0.2) is 55.8 Å². The molecule has 7 nitrogen and oxygen atoms in total. The molecule has 0 unspecified atom stereocenters. The largest absolute Gasteiger partial charge is 0.478 e. The van der Waals surface area contributed by atoms with Crippen LogP contribution in [0.25, 0.3) is 11.0 Å². The molecule has 0 atom stereocenters. The van der Waals surface area contributed by atoms with Crippen molar-refractivity contribution in [2.24, 2.45) is 0 Å². The lowest BCUT2D eigenvalue weighted by atomic mass is 10.0. The molecular weight excluding hydrogens is 252 g/mol. The Labute approximate surface area is 108 Å². The molecule has 7 heteroatoms. The first kappa shape index (κ1) is 13.5. The maximum Gasteiger partial charge on any atom is 0.335 e. The van der Waals surface area contributed by atoms with Gasteiger partial charge in [0.25, 0.3) is 0 Å². The highest BCUT2D eigenvalue weighted by atomic mass is 16.4. The Morgan fingerprint density at radius 1 is 1.21 bits per heavy atom. The van der Waals surface area contributed by atoms with Crippen LogP contribution in [0.15, 0.2) is 24.5 Å². The van der Waals surface area contributed by atoms with Gasteiger partial charge < -0.3 is 25.0 Å². The van der Waals surface area contributed by atoms with E-state index in [1.807, 2.05) is 0 Å². The van der Waals surface area contributed by atoms with Crippen LogP contribution in [0.1, 0.15) is 10.4 Å². The number of aliphatic hydroxyl groups excluding tert-OH is 3. The third-order valence-corrected chi connectivity index (χ3v) is 3.19. The molecule has 102 valence electrons. The van der Waals surface area contributed by atoms with Crippen molar-refractivity contribution >= 4 is 17.0 Å². The first-order valence-corrected chi connectivity index (χ1v) is 5.61. The van der Waals surface area contributed by atoms with Crippen molar-refractivity contribution in [3.63, 3.8) is 0 Å². The Balaban J connectivity index is 2.60. The number of carboxylic acid groups (broad SMARTS) is 1. The van der Waals surface area contributed by atoms with Gasteiger partial charge in [-0.2, -0.15) is 0 Å². The highest BCUT2D eigenvalue weighted by Gasteiger charge is 2.31. The van der Waals surface area contributed by atoms with Gasteiger partial charge in [0.1, 0.15) is 5.54 Å². The quantitative estimate of drug-likeness (QED) is 0.574. The Morgan fingerprint density at radius 2 is 1.84 bits per heavy atom. The van der Waals surface area contributed by atoms with Crippen LogP contribution in [0.3, 0.4) is 0 Å². The summed E-state index contributed by atoms with van der Waals surface area (Å²) < 4.78 is 1.45. The number of imidazole rings is 1. The van der Waals surface area contributed by atoms with Gasteiger partial charge in [-0.3, -0.25) is 0 Å². The summed E-state index contributed by atoms with van der Waals surface area (Å²) in [6, 6.07) is 4.33. The number of hydrogen-bond donors (Lipinski definition) is 4. The summed E-state index contributed by atoms with van der Waals surface area (Å²) in [5.74, 6) is -1.06. The molecule has 2 rings (SSSR count). The van der Waals surface area contributed by atoms with Crippen LogP contribution in [0.4, 0.5) is 0 Å². The van der Waals surface area contributed by atoms with E-state index in [1.54, 1.807) is 0 Å². The highest BCUT2D eigenvalue weighted by Crippen LogP contribution is 2.23. The first-order chi connectivity index (χ1) is 9.07. The van der Waals surface area contributed by atoms with Gasteiger partial charge in [0.2, 0.25) is 0 Å². The number of aliphatic hydroxyl groups is 3. The van der Waals surface area contributed by atoms with Crippen molar-refractivity contribution < 1.29 is 25.2 Å². The number of fused-ring (bicyclic) bond motifs is 1. The van der Waals surface area contributed by atoms with Crippen LogP contribution in [-0.2, 0) is 5.54 Å². The van der Waals surface area contributed by atoms with Crippen molar-refractivity contribution in [2.75, 3.05) is 19.8 Å². The number of rotatable bonds is 5. The molecule has 4 N–H and O–H groups in total. The predicted octanol–water partition coefficient (Wildman–Crippen LogP) is -0.593. The standard InChI is InChI=1S/C12H14N2O5/c15-4-12(5-16,6-17)14-7-13-9-3-8(11(18)19)1-2-10(9)14/h1-3,7,15-17H,4-6H2,(H,18,19). The third-order valence-electron chi connectivity index (χ3n) is 3.19. The van der Waals surface area contributed by atoms with Crippen molar-refractivity contribution in [1.29, 1.82) is 0 Å². The molecule has 1 aromatic carbocycles. The summed E-state index contributed by atoms with van der Waals surface area (Å²) in [4.78, 5) is 14.9. The summed E-state index contributed by atoms with van der Waals surface area (Å²) in [6.07, 6.45) is 1.36. The van der Waals surface area contributed by atoms with E-state index in [0.717, 1.165) is 0 Å². The van der Waals surface area contributed by atoms with Crippen molar-refractivity contribution in [1.82, 2.24) is 9.55 Å². The molecule has 0 amide bonds. The van der Waals surface area contributed by atoms with Crippen LogP contribution >= 0.6 is 0 Å². The zero-order chi connectivity index (χ0) is 14.0. The summed E-state index contributed by atoms with van der Waals surface area (Å²) >= 11 is 0. The monoisotopic (exact) mass is 266 g/mol. The summed E-state index contributed by atoms with van der Waals surface area (Å²) in [5.41, 5.74) is -0.221. The van der Waals surface area contributed by atoms with Gasteiger partial charge in [-0.1, -0.05) is 0 Å². The maximum atomic E-state index is 10.9. The number of aromatic nitrogens is 2. The van der Waals surface area contributed by atoms with Crippen molar-refractivity contribution in [2.45, 2.75) is 5.54 Å². The molecule has 2 aromatic rings. The van der Waals surface area contributed by atoms with Crippen LogP contribution in [0, 0.1) is 0 Å². The fourth-order valence-electron chi connectivity index (χ4n) is 1.90. The molecule has 0 saturated heterocycles. The van der Waals surface area contributed by atoms with E-state index in [2.05, 4.69) is 4.98 Å². The normalized spacial score (nSPS) is 11.9. The zero-order valence-corrected chi connectivity index (χ0v) is 10.0. The topological polar surface area (TPSA) is 116 Å². The molecular formula is C12H14N2O5. The van der Waals surface area contributed by atoms with E-state index in [0.29, 0.717) is 11.0 Å². The minimum atomic E-state index is -1.26. The molecule has 0 radical (unpaired) electrons. The van der Waals surface area contributed by atoms with Gasteiger partial charge in [-0.15, -0.1) is 0 Å². The number of nitrogens with zero attached hydrogens (tertiary/aromatic N) is 2. The van der Waals surface area contributed by atoms with Gasteiger partial charge in [0, 0.05) is 0 Å². The van der Waals surface area contributed by atoms with E-state index in [-0.39, 0.29) is 5.56 Å². The van der Waals surface area contributed by atoms with Gasteiger partial charge >= 0.3 is 5.97 Å². The number of carboxylic acids is 1. The van der Waals surface area contributed by atoms with Gasteiger partial charge in [0.15, 0.2) is 0 Å². The van der Waals surface area contributed by atoms with E-state index >= 15 is 0 Å². The molecule has 0 fully saturated rings. The van der Waals surface area contributed by atoms with Crippen LogP contribution in [0.5, 0.6) is 0 Å². The Hall–Kier alpha value is -1.96. The van der Waals surface area contributed by atoms with Crippen LogP contribution in [0.2, 0.25) is 0 Å². The summed E-state index contributed by atoms with van der Waals surface area (Å²) in [6.45, 7) is -1.40. The van der Waals surface area contributed by atoms with Crippen LogP contribution < -0.4 is 0 Å². The zero-order valence-electron chi connectivity index (χ0n) is 10.0.